The van der Waals surface area contributed by atoms with E-state index in [1.54, 1.807) is 0 Å². The van der Waals surface area contributed by atoms with E-state index in [9.17, 15) is 4.79 Å². The minimum absolute atomic E-state index is 0.131. The molecular formula is C13H15BrO3. The number of benzene rings is 1. The van der Waals surface area contributed by atoms with E-state index >= 15 is 0 Å². The molecule has 0 aromatic heterocycles. The van der Waals surface area contributed by atoms with Gasteiger partial charge in [0.15, 0.2) is 11.9 Å². The monoisotopic (exact) mass is 298 g/mol. The standard InChI is InChI=1S/C13H15BrO3/c1-3-16-13-10(15)7-12(13)17-11-5-4-9(14)6-8(11)2/h4-6,12-13H,3,7H2,1-2H3. The van der Waals surface area contributed by atoms with Gasteiger partial charge in [-0.3, -0.25) is 4.79 Å². The molecule has 0 saturated heterocycles. The second kappa shape index (κ2) is 5.19. The summed E-state index contributed by atoms with van der Waals surface area (Å²) in [6, 6.07) is 5.83. The second-order valence-electron chi connectivity index (χ2n) is 4.11. The number of ketones is 1. The summed E-state index contributed by atoms with van der Waals surface area (Å²) in [5.74, 6) is 0.946. The van der Waals surface area contributed by atoms with E-state index in [4.69, 9.17) is 9.47 Å². The molecule has 0 bridgehead atoms. The van der Waals surface area contributed by atoms with Crippen LogP contribution < -0.4 is 4.74 Å². The predicted molar refractivity (Wildman–Crippen MR) is 68.3 cm³/mol. The number of aryl methyl sites for hydroxylation is 1. The first-order valence-electron chi connectivity index (χ1n) is 5.69. The topological polar surface area (TPSA) is 35.5 Å². The molecule has 1 aliphatic carbocycles. The molecule has 1 saturated carbocycles. The van der Waals surface area contributed by atoms with Crippen molar-refractivity contribution < 1.29 is 14.3 Å². The summed E-state index contributed by atoms with van der Waals surface area (Å²) in [6.07, 6.45) is -0.0782. The van der Waals surface area contributed by atoms with Gasteiger partial charge in [0.25, 0.3) is 0 Å². The molecule has 1 aromatic carbocycles. The molecule has 0 radical (unpaired) electrons. The summed E-state index contributed by atoms with van der Waals surface area (Å²) in [4.78, 5) is 11.3. The summed E-state index contributed by atoms with van der Waals surface area (Å²) in [7, 11) is 0. The first kappa shape index (κ1) is 12.6. The lowest BCUT2D eigenvalue weighted by Gasteiger charge is -2.34. The summed E-state index contributed by atoms with van der Waals surface area (Å²) in [5.41, 5.74) is 1.05. The lowest BCUT2D eigenvalue weighted by molar-refractivity contribution is -0.154. The predicted octanol–water partition coefficient (Wildman–Crippen LogP) is 2.88. The summed E-state index contributed by atoms with van der Waals surface area (Å²) < 4.78 is 12.2. The Balaban J connectivity index is 2.04. The third-order valence-corrected chi connectivity index (χ3v) is 3.31. The highest BCUT2D eigenvalue weighted by Gasteiger charge is 2.42. The van der Waals surface area contributed by atoms with E-state index in [0.29, 0.717) is 13.0 Å². The van der Waals surface area contributed by atoms with Gasteiger partial charge in [-0.1, -0.05) is 15.9 Å². The summed E-state index contributed by atoms with van der Waals surface area (Å²) in [6.45, 7) is 4.40. The number of halogens is 1. The van der Waals surface area contributed by atoms with Crippen molar-refractivity contribution in [1.29, 1.82) is 0 Å². The van der Waals surface area contributed by atoms with Crippen LogP contribution in [0.1, 0.15) is 18.9 Å². The quantitative estimate of drug-likeness (QED) is 0.857. The minimum Gasteiger partial charge on any atom is -0.486 e. The summed E-state index contributed by atoms with van der Waals surface area (Å²) in [5, 5.41) is 0. The van der Waals surface area contributed by atoms with Gasteiger partial charge < -0.3 is 9.47 Å². The molecule has 4 heteroatoms. The Morgan fingerprint density at radius 3 is 2.82 bits per heavy atom. The Kier molecular flexibility index (Phi) is 3.84. The summed E-state index contributed by atoms with van der Waals surface area (Å²) >= 11 is 3.41. The number of carbonyl (C=O) groups is 1. The van der Waals surface area contributed by atoms with E-state index in [1.165, 1.54) is 0 Å². The van der Waals surface area contributed by atoms with Gasteiger partial charge in [-0.2, -0.15) is 0 Å². The molecule has 0 aliphatic heterocycles. The fourth-order valence-corrected chi connectivity index (χ4v) is 2.34. The normalized spacial score (nSPS) is 23.4. The Morgan fingerprint density at radius 1 is 1.47 bits per heavy atom. The number of ether oxygens (including phenoxy) is 2. The zero-order valence-corrected chi connectivity index (χ0v) is 11.5. The van der Waals surface area contributed by atoms with Crippen LogP contribution >= 0.6 is 15.9 Å². The average molecular weight is 299 g/mol. The third-order valence-electron chi connectivity index (χ3n) is 2.82. The van der Waals surface area contributed by atoms with Gasteiger partial charge in [0.05, 0.1) is 0 Å². The van der Waals surface area contributed by atoms with Crippen molar-refractivity contribution >= 4 is 21.7 Å². The maximum Gasteiger partial charge on any atom is 0.169 e. The van der Waals surface area contributed by atoms with Crippen molar-refractivity contribution in [3.63, 3.8) is 0 Å². The van der Waals surface area contributed by atoms with Crippen LogP contribution in [0.15, 0.2) is 22.7 Å². The van der Waals surface area contributed by atoms with Crippen LogP contribution in [-0.2, 0) is 9.53 Å². The largest absolute Gasteiger partial charge is 0.486 e. The van der Waals surface area contributed by atoms with E-state index in [0.717, 1.165) is 15.8 Å². The molecule has 92 valence electrons. The van der Waals surface area contributed by atoms with Crippen LogP contribution in [0.2, 0.25) is 0 Å². The fraction of sp³-hybridized carbons (Fsp3) is 0.462. The number of carbonyl (C=O) groups excluding carboxylic acids is 1. The molecule has 0 spiro atoms. The third kappa shape index (κ3) is 2.69. The smallest absolute Gasteiger partial charge is 0.169 e. The SMILES string of the molecule is CCOC1C(=O)CC1Oc1ccc(Br)cc1C. The van der Waals surface area contributed by atoms with Gasteiger partial charge >= 0.3 is 0 Å². The van der Waals surface area contributed by atoms with Crippen LogP contribution in [0.5, 0.6) is 5.75 Å². The van der Waals surface area contributed by atoms with Crippen LogP contribution in [0.3, 0.4) is 0 Å². The highest BCUT2D eigenvalue weighted by Crippen LogP contribution is 2.29. The van der Waals surface area contributed by atoms with Gasteiger partial charge in [0.2, 0.25) is 0 Å². The van der Waals surface area contributed by atoms with Gasteiger partial charge in [-0.05, 0) is 37.6 Å². The molecule has 1 aromatic rings. The second-order valence-corrected chi connectivity index (χ2v) is 5.03. The molecule has 2 unspecified atom stereocenters. The molecule has 2 rings (SSSR count). The van der Waals surface area contributed by atoms with Crippen molar-refractivity contribution in [2.75, 3.05) is 6.61 Å². The lowest BCUT2D eigenvalue weighted by Crippen LogP contribution is -2.52. The van der Waals surface area contributed by atoms with Crippen molar-refractivity contribution in [3.8, 4) is 5.75 Å². The van der Waals surface area contributed by atoms with Crippen LogP contribution in [0, 0.1) is 6.92 Å². The van der Waals surface area contributed by atoms with E-state index in [-0.39, 0.29) is 18.0 Å². The first-order chi connectivity index (χ1) is 8.11. The highest BCUT2D eigenvalue weighted by molar-refractivity contribution is 9.10. The van der Waals surface area contributed by atoms with Crippen LogP contribution in [0.25, 0.3) is 0 Å². The Hall–Kier alpha value is -0.870. The lowest BCUT2D eigenvalue weighted by atomic mass is 9.90. The molecular weight excluding hydrogens is 284 g/mol. The molecule has 0 N–H and O–H groups in total. The molecule has 0 amide bonds. The Labute approximate surface area is 109 Å². The first-order valence-corrected chi connectivity index (χ1v) is 6.48. The molecule has 17 heavy (non-hydrogen) atoms. The van der Waals surface area contributed by atoms with Gasteiger partial charge in [0, 0.05) is 17.5 Å². The molecule has 1 aliphatic rings. The Morgan fingerprint density at radius 2 is 2.24 bits per heavy atom. The maximum absolute atomic E-state index is 11.3. The zero-order chi connectivity index (χ0) is 12.4. The molecule has 1 fully saturated rings. The average Bonchev–Trinajstić information content (AvgIpc) is 2.28. The molecule has 3 nitrogen and oxygen atoms in total. The Bertz CT molecular complexity index is 431. The zero-order valence-electron chi connectivity index (χ0n) is 9.90. The van der Waals surface area contributed by atoms with Gasteiger partial charge in [-0.15, -0.1) is 0 Å². The highest BCUT2D eigenvalue weighted by atomic mass is 79.9. The van der Waals surface area contributed by atoms with Gasteiger partial charge in [0.1, 0.15) is 11.9 Å². The number of hydrogen-bond acceptors (Lipinski definition) is 3. The van der Waals surface area contributed by atoms with Crippen molar-refractivity contribution in [2.24, 2.45) is 0 Å². The number of rotatable bonds is 4. The van der Waals surface area contributed by atoms with Crippen molar-refractivity contribution in [1.82, 2.24) is 0 Å². The van der Waals surface area contributed by atoms with Crippen LogP contribution in [0.4, 0.5) is 0 Å². The van der Waals surface area contributed by atoms with E-state index in [1.807, 2.05) is 32.0 Å². The number of hydrogen-bond donors (Lipinski definition) is 0. The van der Waals surface area contributed by atoms with Crippen LogP contribution in [-0.4, -0.2) is 24.6 Å². The van der Waals surface area contributed by atoms with Gasteiger partial charge in [-0.25, -0.2) is 0 Å². The minimum atomic E-state index is -0.386. The van der Waals surface area contributed by atoms with E-state index in [2.05, 4.69) is 15.9 Å². The molecule has 2 atom stereocenters. The molecule has 0 heterocycles. The van der Waals surface area contributed by atoms with Crippen molar-refractivity contribution in [3.05, 3.63) is 28.2 Å². The maximum atomic E-state index is 11.3. The fourth-order valence-electron chi connectivity index (χ4n) is 1.86. The number of Topliss-reactive ketones (excluding diaryl/α,β-unsaturated/α-hetero) is 1. The van der Waals surface area contributed by atoms with E-state index < -0.39 is 0 Å². The van der Waals surface area contributed by atoms with Crippen molar-refractivity contribution in [2.45, 2.75) is 32.5 Å².